The maximum absolute atomic E-state index is 11.5. The number of nitrogens with one attached hydrogen (secondary N) is 1. The van der Waals surface area contributed by atoms with Gasteiger partial charge in [0.2, 0.25) is 0 Å². The van der Waals surface area contributed by atoms with E-state index >= 15 is 0 Å². The fraction of sp³-hybridized carbons (Fsp3) is 0.400. The molecule has 1 heterocycles. The highest BCUT2D eigenvalue weighted by Gasteiger charge is 2.20. The molecule has 18 heavy (non-hydrogen) atoms. The number of amides is 1. The molecule has 0 bridgehead atoms. The summed E-state index contributed by atoms with van der Waals surface area (Å²) in [5, 5.41) is 21.5. The van der Waals surface area contributed by atoms with E-state index in [1.54, 1.807) is 6.92 Å². The minimum Gasteiger partial charge on any atom is -0.481 e. The molecule has 1 unspecified atom stereocenters. The van der Waals surface area contributed by atoms with E-state index in [1.807, 2.05) is 0 Å². The predicted molar refractivity (Wildman–Crippen MR) is 59.1 cm³/mol. The van der Waals surface area contributed by atoms with Gasteiger partial charge in [0, 0.05) is 6.54 Å². The molecule has 0 aliphatic carbocycles. The molecule has 0 radical (unpaired) electrons. The summed E-state index contributed by atoms with van der Waals surface area (Å²) < 4.78 is 4.67. The van der Waals surface area contributed by atoms with Crippen molar-refractivity contribution in [1.29, 1.82) is 0 Å². The Balaban J connectivity index is 2.59. The van der Waals surface area contributed by atoms with Crippen LogP contribution < -0.4 is 5.32 Å². The Labute approximate surface area is 102 Å². The summed E-state index contributed by atoms with van der Waals surface area (Å²) in [5.41, 5.74) is 0. The van der Waals surface area contributed by atoms with Crippen LogP contribution in [0.1, 0.15) is 23.9 Å². The monoisotopic (exact) mass is 256 g/mol. The number of nitrogens with zero attached hydrogens (tertiary/aromatic N) is 1. The molecule has 8 heteroatoms. The molecule has 0 aromatic carbocycles. The Morgan fingerprint density at radius 1 is 1.56 bits per heavy atom. The van der Waals surface area contributed by atoms with Gasteiger partial charge in [0.25, 0.3) is 5.91 Å². The topological polar surface area (TPSA) is 123 Å². The van der Waals surface area contributed by atoms with Gasteiger partial charge < -0.3 is 14.8 Å². The minimum absolute atomic E-state index is 0.0564. The zero-order valence-corrected chi connectivity index (χ0v) is 9.58. The molecule has 0 aliphatic heterocycles. The van der Waals surface area contributed by atoms with Gasteiger partial charge in [-0.2, -0.15) is 0 Å². The third-order valence-electron chi connectivity index (χ3n) is 2.35. The fourth-order valence-electron chi connectivity index (χ4n) is 1.26. The Morgan fingerprint density at radius 2 is 2.22 bits per heavy atom. The van der Waals surface area contributed by atoms with Crippen LogP contribution in [0.4, 0.5) is 5.88 Å². The van der Waals surface area contributed by atoms with Crippen LogP contribution in [0.2, 0.25) is 0 Å². The van der Waals surface area contributed by atoms with Crippen LogP contribution in [0.15, 0.2) is 16.5 Å². The lowest BCUT2D eigenvalue weighted by molar-refractivity contribution is -0.402. The van der Waals surface area contributed by atoms with Crippen molar-refractivity contribution < 1.29 is 24.0 Å². The van der Waals surface area contributed by atoms with Gasteiger partial charge in [0.15, 0.2) is 5.76 Å². The lowest BCUT2D eigenvalue weighted by Gasteiger charge is -2.09. The van der Waals surface area contributed by atoms with E-state index in [1.165, 1.54) is 0 Å². The average Bonchev–Trinajstić information content (AvgIpc) is 2.78. The number of carboxylic acid groups (broad SMARTS) is 1. The number of rotatable bonds is 6. The molecule has 0 aliphatic rings. The second-order valence-electron chi connectivity index (χ2n) is 3.55. The van der Waals surface area contributed by atoms with Crippen LogP contribution in [0.5, 0.6) is 0 Å². The summed E-state index contributed by atoms with van der Waals surface area (Å²) in [7, 11) is 0. The second-order valence-corrected chi connectivity index (χ2v) is 3.55. The van der Waals surface area contributed by atoms with Crippen LogP contribution >= 0.6 is 0 Å². The third kappa shape index (κ3) is 3.30. The number of hydrogen-bond donors (Lipinski definition) is 2. The Kier molecular flexibility index (Phi) is 4.41. The van der Waals surface area contributed by atoms with Gasteiger partial charge >= 0.3 is 11.9 Å². The SMILES string of the molecule is CCC(CNC(=O)c1ccc([N+](=O)[O-])o1)C(=O)O. The Hall–Kier alpha value is -2.38. The number of aliphatic carboxylic acids is 1. The molecule has 1 aromatic rings. The van der Waals surface area contributed by atoms with Crippen molar-refractivity contribution in [3.05, 3.63) is 28.0 Å². The van der Waals surface area contributed by atoms with Gasteiger partial charge in [-0.25, -0.2) is 0 Å². The smallest absolute Gasteiger partial charge is 0.433 e. The predicted octanol–water partition coefficient (Wildman–Crippen LogP) is 1.03. The first-order valence-electron chi connectivity index (χ1n) is 5.21. The maximum Gasteiger partial charge on any atom is 0.433 e. The summed E-state index contributed by atoms with van der Waals surface area (Å²) >= 11 is 0. The van der Waals surface area contributed by atoms with E-state index in [4.69, 9.17) is 5.11 Å². The normalized spacial score (nSPS) is 11.8. The molecule has 2 N–H and O–H groups in total. The minimum atomic E-state index is -1.01. The molecular weight excluding hydrogens is 244 g/mol. The Morgan fingerprint density at radius 3 is 2.67 bits per heavy atom. The summed E-state index contributed by atoms with van der Waals surface area (Å²) in [6, 6.07) is 2.22. The van der Waals surface area contributed by atoms with Gasteiger partial charge in [-0.05, 0) is 12.5 Å². The Bertz CT molecular complexity index is 467. The lowest BCUT2D eigenvalue weighted by Crippen LogP contribution is -2.32. The highest BCUT2D eigenvalue weighted by molar-refractivity contribution is 5.91. The van der Waals surface area contributed by atoms with Crippen molar-refractivity contribution in [2.24, 2.45) is 5.92 Å². The molecular formula is C10H12N2O6. The van der Waals surface area contributed by atoms with Crippen molar-refractivity contribution in [3.8, 4) is 0 Å². The van der Waals surface area contributed by atoms with Gasteiger partial charge in [0.05, 0.1) is 12.0 Å². The van der Waals surface area contributed by atoms with Crippen molar-refractivity contribution in [2.45, 2.75) is 13.3 Å². The highest BCUT2D eigenvalue weighted by atomic mass is 16.6. The lowest BCUT2D eigenvalue weighted by atomic mass is 10.1. The van der Waals surface area contributed by atoms with Gasteiger partial charge in [-0.15, -0.1) is 0 Å². The van der Waals surface area contributed by atoms with Crippen LogP contribution in [0, 0.1) is 16.0 Å². The largest absolute Gasteiger partial charge is 0.481 e. The molecule has 0 saturated heterocycles. The molecule has 0 fully saturated rings. The van der Waals surface area contributed by atoms with Crippen LogP contribution in [0.3, 0.4) is 0 Å². The molecule has 1 rings (SSSR count). The van der Waals surface area contributed by atoms with Gasteiger partial charge in [-0.1, -0.05) is 6.92 Å². The fourth-order valence-corrected chi connectivity index (χ4v) is 1.26. The van der Waals surface area contributed by atoms with E-state index < -0.39 is 28.6 Å². The van der Waals surface area contributed by atoms with E-state index in [-0.39, 0.29) is 12.3 Å². The zero-order chi connectivity index (χ0) is 13.7. The van der Waals surface area contributed by atoms with Crippen molar-refractivity contribution in [2.75, 3.05) is 6.54 Å². The number of hydrogen-bond acceptors (Lipinski definition) is 5. The van der Waals surface area contributed by atoms with Gasteiger partial charge in [-0.3, -0.25) is 19.7 Å². The summed E-state index contributed by atoms with van der Waals surface area (Å²) in [4.78, 5) is 31.8. The van der Waals surface area contributed by atoms with Crippen molar-refractivity contribution >= 4 is 17.8 Å². The number of nitro groups is 1. The van der Waals surface area contributed by atoms with E-state index in [0.717, 1.165) is 12.1 Å². The number of carbonyl (C=O) groups excluding carboxylic acids is 1. The second kappa shape index (κ2) is 5.80. The molecule has 1 atom stereocenters. The quantitative estimate of drug-likeness (QED) is 0.578. The van der Waals surface area contributed by atoms with E-state index in [9.17, 15) is 19.7 Å². The molecule has 98 valence electrons. The molecule has 0 saturated carbocycles. The number of furan rings is 1. The van der Waals surface area contributed by atoms with Crippen molar-refractivity contribution in [3.63, 3.8) is 0 Å². The average molecular weight is 256 g/mol. The summed E-state index contributed by atoms with van der Waals surface area (Å²) in [6.45, 7) is 1.63. The third-order valence-corrected chi connectivity index (χ3v) is 2.35. The van der Waals surface area contributed by atoms with E-state index in [0.29, 0.717) is 6.42 Å². The number of carbonyl (C=O) groups is 2. The summed E-state index contributed by atoms with van der Waals surface area (Å²) in [6.07, 6.45) is 0.369. The zero-order valence-electron chi connectivity index (χ0n) is 9.58. The number of carboxylic acids is 1. The van der Waals surface area contributed by atoms with Crippen LogP contribution in [0.25, 0.3) is 0 Å². The first-order chi connectivity index (χ1) is 8.45. The molecule has 0 spiro atoms. The molecule has 1 aromatic heterocycles. The van der Waals surface area contributed by atoms with E-state index in [2.05, 4.69) is 9.73 Å². The first kappa shape index (κ1) is 13.7. The summed E-state index contributed by atoms with van der Waals surface area (Å²) in [5.74, 6) is -3.14. The molecule has 1 amide bonds. The standard InChI is InChI=1S/C10H12N2O6/c1-2-6(10(14)15)5-11-9(13)7-3-4-8(18-7)12(16)17/h3-4,6H,2,5H2,1H3,(H,11,13)(H,14,15). The molecule has 8 nitrogen and oxygen atoms in total. The van der Waals surface area contributed by atoms with Crippen molar-refractivity contribution in [1.82, 2.24) is 5.32 Å². The van der Waals surface area contributed by atoms with Gasteiger partial charge in [0.1, 0.15) is 4.92 Å². The first-order valence-corrected chi connectivity index (χ1v) is 5.21. The highest BCUT2D eigenvalue weighted by Crippen LogP contribution is 2.15. The van der Waals surface area contributed by atoms with Crippen LogP contribution in [-0.2, 0) is 4.79 Å². The maximum atomic E-state index is 11.5. The van der Waals surface area contributed by atoms with Crippen LogP contribution in [-0.4, -0.2) is 28.5 Å².